The minimum absolute atomic E-state index is 0.0902. The van der Waals surface area contributed by atoms with Gasteiger partial charge in [0, 0.05) is 4.90 Å². The van der Waals surface area contributed by atoms with E-state index >= 15 is 0 Å². The molecule has 0 aliphatic heterocycles. The van der Waals surface area contributed by atoms with Crippen LogP contribution in [0, 0.1) is 6.92 Å². The first-order chi connectivity index (χ1) is 12.0. The van der Waals surface area contributed by atoms with Crippen molar-refractivity contribution in [1.29, 1.82) is 0 Å². The van der Waals surface area contributed by atoms with E-state index < -0.39 is 0 Å². The first kappa shape index (κ1) is 18.0. The molecule has 0 heterocycles. The number of phenols is 1. The summed E-state index contributed by atoms with van der Waals surface area (Å²) in [6.45, 7) is 2.76. The van der Waals surface area contributed by atoms with Gasteiger partial charge < -0.3 is 9.41 Å². The molecule has 0 fully saturated rings. The van der Waals surface area contributed by atoms with Crippen molar-refractivity contribution in [3.05, 3.63) is 87.9 Å². The van der Waals surface area contributed by atoms with Crippen LogP contribution < -0.4 is 4.31 Å². The zero-order valence-electron chi connectivity index (χ0n) is 13.6. The van der Waals surface area contributed by atoms with E-state index in [2.05, 4.69) is 35.5 Å². The van der Waals surface area contributed by atoms with Crippen LogP contribution in [0.2, 0.25) is 10.0 Å². The minimum Gasteiger partial charge on any atom is -0.505 e. The van der Waals surface area contributed by atoms with Gasteiger partial charge in [0.1, 0.15) is 0 Å². The van der Waals surface area contributed by atoms with E-state index in [4.69, 9.17) is 23.2 Å². The van der Waals surface area contributed by atoms with E-state index in [1.807, 2.05) is 30.3 Å². The highest BCUT2D eigenvalue weighted by atomic mass is 35.5. The Morgan fingerprint density at radius 2 is 1.52 bits per heavy atom. The molecule has 0 aromatic heterocycles. The summed E-state index contributed by atoms with van der Waals surface area (Å²) in [6.07, 6.45) is 0. The zero-order chi connectivity index (χ0) is 17.8. The fraction of sp³-hybridized carbons (Fsp3) is 0.100. The van der Waals surface area contributed by atoms with Gasteiger partial charge in [-0.05, 0) is 48.2 Å². The van der Waals surface area contributed by atoms with Crippen LogP contribution >= 0.6 is 35.1 Å². The summed E-state index contributed by atoms with van der Waals surface area (Å²) < 4.78 is 2.12. The van der Waals surface area contributed by atoms with E-state index in [1.165, 1.54) is 11.1 Å². The fourth-order valence-electron chi connectivity index (χ4n) is 2.40. The summed E-state index contributed by atoms with van der Waals surface area (Å²) in [4.78, 5) is 1.15. The number of halogens is 2. The highest BCUT2D eigenvalue weighted by molar-refractivity contribution is 8.00. The summed E-state index contributed by atoms with van der Waals surface area (Å²) >= 11 is 13.9. The van der Waals surface area contributed by atoms with Gasteiger partial charge in [0.05, 0.1) is 22.3 Å². The van der Waals surface area contributed by atoms with Gasteiger partial charge in [-0.2, -0.15) is 0 Å². The van der Waals surface area contributed by atoms with E-state index in [0.717, 1.165) is 10.6 Å². The number of benzene rings is 3. The predicted molar refractivity (Wildman–Crippen MR) is 108 cm³/mol. The van der Waals surface area contributed by atoms with Gasteiger partial charge >= 0.3 is 0 Å². The van der Waals surface area contributed by atoms with Gasteiger partial charge in [-0.3, -0.25) is 0 Å². The van der Waals surface area contributed by atoms with Crippen molar-refractivity contribution >= 4 is 40.8 Å². The number of phenolic OH excluding ortho intramolecular Hbond substituents is 1. The third-order valence-electron chi connectivity index (χ3n) is 3.76. The SMILES string of the molecule is Cc1ccccc1SN(Cc1ccccc1)c1cc(Cl)c(O)c(Cl)c1. The number of aryl methyl sites for hydroxylation is 1. The maximum absolute atomic E-state index is 9.85. The van der Waals surface area contributed by atoms with Gasteiger partial charge in [-0.25, -0.2) is 0 Å². The lowest BCUT2D eigenvalue weighted by Crippen LogP contribution is -2.14. The molecular formula is C20H17Cl2NOS. The van der Waals surface area contributed by atoms with Gasteiger partial charge in [-0.1, -0.05) is 71.7 Å². The molecule has 1 N–H and O–H groups in total. The Bertz CT molecular complexity index is 848. The van der Waals surface area contributed by atoms with Crippen LogP contribution in [0.3, 0.4) is 0 Å². The quantitative estimate of drug-likeness (QED) is 0.489. The van der Waals surface area contributed by atoms with Crippen LogP contribution in [-0.2, 0) is 6.54 Å². The van der Waals surface area contributed by atoms with Crippen molar-refractivity contribution < 1.29 is 5.11 Å². The molecule has 25 heavy (non-hydrogen) atoms. The van der Waals surface area contributed by atoms with Crippen LogP contribution in [-0.4, -0.2) is 5.11 Å². The predicted octanol–water partition coefficient (Wildman–Crippen LogP) is 6.72. The van der Waals surface area contributed by atoms with Crippen LogP contribution in [0.4, 0.5) is 5.69 Å². The first-order valence-electron chi connectivity index (χ1n) is 7.77. The number of hydrogen-bond donors (Lipinski definition) is 1. The molecule has 0 saturated heterocycles. The standard InChI is InChI=1S/C20H17Cl2NOS/c1-14-7-5-6-10-19(14)25-23(13-15-8-3-2-4-9-15)16-11-17(21)20(24)18(22)12-16/h2-12,24H,13H2,1H3. The Labute approximate surface area is 162 Å². The van der Waals surface area contributed by atoms with Crippen molar-refractivity contribution in [2.24, 2.45) is 0 Å². The summed E-state index contributed by atoms with van der Waals surface area (Å²) in [5.74, 6) is -0.0902. The first-order valence-corrected chi connectivity index (χ1v) is 9.30. The lowest BCUT2D eigenvalue weighted by Gasteiger charge is -2.25. The lowest BCUT2D eigenvalue weighted by atomic mass is 10.2. The Kier molecular flexibility index (Phi) is 5.79. The third kappa shape index (κ3) is 4.43. The summed E-state index contributed by atoms with van der Waals surface area (Å²) in [5, 5.41) is 10.3. The number of hydrogen-bond acceptors (Lipinski definition) is 3. The third-order valence-corrected chi connectivity index (χ3v) is 5.55. The highest BCUT2D eigenvalue weighted by Crippen LogP contribution is 2.40. The number of anilines is 1. The Morgan fingerprint density at radius 3 is 2.16 bits per heavy atom. The van der Waals surface area contributed by atoms with Crippen molar-refractivity contribution in [3.8, 4) is 5.75 Å². The average Bonchev–Trinajstić information content (AvgIpc) is 2.61. The molecule has 0 radical (unpaired) electrons. The molecule has 3 rings (SSSR count). The monoisotopic (exact) mass is 389 g/mol. The van der Waals surface area contributed by atoms with E-state index in [9.17, 15) is 5.11 Å². The van der Waals surface area contributed by atoms with Crippen LogP contribution in [0.1, 0.15) is 11.1 Å². The second-order valence-corrected chi connectivity index (χ2v) is 7.51. The van der Waals surface area contributed by atoms with E-state index in [1.54, 1.807) is 24.1 Å². The molecule has 0 unspecified atom stereocenters. The van der Waals surface area contributed by atoms with Crippen molar-refractivity contribution in [3.63, 3.8) is 0 Å². The molecule has 3 aromatic rings. The maximum atomic E-state index is 9.85. The molecule has 0 bridgehead atoms. The van der Waals surface area contributed by atoms with Gasteiger partial charge in [0.2, 0.25) is 0 Å². The molecule has 5 heteroatoms. The zero-order valence-corrected chi connectivity index (χ0v) is 15.9. The van der Waals surface area contributed by atoms with Crippen molar-refractivity contribution in [1.82, 2.24) is 0 Å². The molecule has 0 spiro atoms. The number of aromatic hydroxyl groups is 1. The topological polar surface area (TPSA) is 23.5 Å². The Hall–Kier alpha value is -1.81. The van der Waals surface area contributed by atoms with Crippen LogP contribution in [0.25, 0.3) is 0 Å². The fourth-order valence-corrected chi connectivity index (χ4v) is 3.89. The smallest absolute Gasteiger partial charge is 0.152 e. The number of nitrogens with zero attached hydrogens (tertiary/aromatic N) is 1. The number of rotatable bonds is 5. The lowest BCUT2D eigenvalue weighted by molar-refractivity contribution is 0.476. The molecule has 0 atom stereocenters. The van der Waals surface area contributed by atoms with Gasteiger partial charge in [-0.15, -0.1) is 0 Å². The van der Waals surface area contributed by atoms with Crippen LogP contribution in [0.15, 0.2) is 71.6 Å². The summed E-state index contributed by atoms with van der Waals surface area (Å²) in [7, 11) is 0. The molecule has 3 aromatic carbocycles. The van der Waals surface area contributed by atoms with Gasteiger partial charge in [0.25, 0.3) is 0 Å². The maximum Gasteiger partial charge on any atom is 0.152 e. The van der Waals surface area contributed by atoms with Crippen molar-refractivity contribution in [2.45, 2.75) is 18.4 Å². The highest BCUT2D eigenvalue weighted by Gasteiger charge is 2.15. The second kappa shape index (κ2) is 8.05. The van der Waals surface area contributed by atoms with Crippen LogP contribution in [0.5, 0.6) is 5.75 Å². The summed E-state index contributed by atoms with van der Waals surface area (Å²) in [5.41, 5.74) is 3.20. The van der Waals surface area contributed by atoms with Crippen molar-refractivity contribution in [2.75, 3.05) is 4.31 Å². The Balaban J connectivity index is 1.98. The molecule has 0 aliphatic carbocycles. The molecule has 0 aliphatic rings. The normalized spacial score (nSPS) is 10.7. The molecule has 0 saturated carbocycles. The largest absolute Gasteiger partial charge is 0.505 e. The average molecular weight is 390 g/mol. The molecule has 2 nitrogen and oxygen atoms in total. The van der Waals surface area contributed by atoms with E-state index in [0.29, 0.717) is 6.54 Å². The summed E-state index contributed by atoms with van der Waals surface area (Å²) in [6, 6.07) is 21.9. The second-order valence-electron chi connectivity index (χ2n) is 5.64. The van der Waals surface area contributed by atoms with E-state index in [-0.39, 0.29) is 15.8 Å². The molecular weight excluding hydrogens is 373 g/mol. The molecule has 128 valence electrons. The Morgan fingerprint density at radius 1 is 0.920 bits per heavy atom. The van der Waals surface area contributed by atoms with Gasteiger partial charge in [0.15, 0.2) is 5.75 Å². The molecule has 0 amide bonds. The minimum atomic E-state index is -0.0902.